The van der Waals surface area contributed by atoms with Crippen LogP contribution in [0.4, 0.5) is 0 Å². The molecule has 0 spiro atoms. The lowest BCUT2D eigenvalue weighted by molar-refractivity contribution is -0.160. The van der Waals surface area contributed by atoms with Gasteiger partial charge >= 0.3 is 5.97 Å². The number of carbonyl (C=O) groups excluding carboxylic acids is 2. The molecule has 3 N–H and O–H groups in total. The summed E-state index contributed by atoms with van der Waals surface area (Å²) in [4.78, 5) is 58.9. The molecule has 0 radical (unpaired) electrons. The second-order valence-electron chi connectivity index (χ2n) is 9.91. The number of hydrogen-bond acceptors (Lipinski definition) is 10. The van der Waals surface area contributed by atoms with Crippen LogP contribution in [-0.4, -0.2) is 102 Å². The van der Waals surface area contributed by atoms with Crippen molar-refractivity contribution in [3.63, 3.8) is 0 Å². The Labute approximate surface area is 270 Å². The standard InChI is InChI=1S/C29H28Cl2N4O9S/c1-41-6-7-42-8-9-43-13-22(36)33-23-27(38)35-24(29(39)40)15(14-45-28(23)35)12-44-21-5-3-17(31)11-19(21)25-32-20-4-2-16(30)10-18(20)26(37)34-25/h2-5,10-11,14,23-24,28H,6-9,12-13H2,1H3,(H,33,36)(H,39,40)(H,32,34,37)/t23-,24?,28?/m1/s1. The molecule has 5 rings (SSSR count). The number of hydrogen-bond donors (Lipinski definition) is 3. The highest BCUT2D eigenvalue weighted by Crippen LogP contribution is 2.40. The van der Waals surface area contributed by atoms with Crippen LogP contribution in [0.5, 0.6) is 5.75 Å². The van der Waals surface area contributed by atoms with Gasteiger partial charge in [0.1, 0.15) is 36.2 Å². The molecule has 238 valence electrons. The summed E-state index contributed by atoms with van der Waals surface area (Å²) >= 11 is 13.5. The fourth-order valence-electron chi connectivity index (χ4n) is 4.78. The van der Waals surface area contributed by atoms with E-state index in [0.29, 0.717) is 45.3 Å². The Hall–Kier alpha value is -3.66. The van der Waals surface area contributed by atoms with E-state index in [1.54, 1.807) is 42.8 Å². The van der Waals surface area contributed by atoms with Gasteiger partial charge in [-0.05, 0) is 41.8 Å². The van der Waals surface area contributed by atoms with Gasteiger partial charge < -0.3 is 39.3 Å². The number of carboxylic acid groups (broad SMARTS) is 1. The van der Waals surface area contributed by atoms with E-state index >= 15 is 0 Å². The molecule has 0 aliphatic carbocycles. The Morgan fingerprint density at radius 1 is 1.07 bits per heavy atom. The van der Waals surface area contributed by atoms with Crippen molar-refractivity contribution in [2.75, 3.05) is 46.8 Å². The summed E-state index contributed by atoms with van der Waals surface area (Å²) in [6, 6.07) is 7.26. The second kappa shape index (κ2) is 14.6. The largest absolute Gasteiger partial charge is 0.488 e. The van der Waals surface area contributed by atoms with E-state index < -0.39 is 40.8 Å². The minimum absolute atomic E-state index is 0.185. The summed E-state index contributed by atoms with van der Waals surface area (Å²) < 4.78 is 21.4. The highest BCUT2D eigenvalue weighted by Gasteiger charge is 2.56. The average molecular weight is 680 g/mol. The van der Waals surface area contributed by atoms with Gasteiger partial charge in [-0.1, -0.05) is 23.2 Å². The molecule has 13 nitrogen and oxygen atoms in total. The van der Waals surface area contributed by atoms with E-state index in [4.69, 9.17) is 42.1 Å². The molecule has 45 heavy (non-hydrogen) atoms. The third kappa shape index (κ3) is 7.43. The van der Waals surface area contributed by atoms with E-state index in [0.717, 1.165) is 0 Å². The van der Waals surface area contributed by atoms with Crippen LogP contribution in [0.1, 0.15) is 0 Å². The Kier molecular flexibility index (Phi) is 10.6. The monoisotopic (exact) mass is 678 g/mol. The fraction of sp³-hybridized carbons (Fsp3) is 0.345. The van der Waals surface area contributed by atoms with Gasteiger partial charge in [0.15, 0.2) is 6.04 Å². The van der Waals surface area contributed by atoms with E-state index in [9.17, 15) is 24.3 Å². The number of thioether (sulfide) groups is 1. The number of fused-ring (bicyclic) bond motifs is 2. The van der Waals surface area contributed by atoms with Crippen molar-refractivity contribution >= 4 is 63.7 Å². The number of aromatic amines is 1. The molecule has 3 atom stereocenters. The molecule has 0 bridgehead atoms. The predicted octanol–water partition coefficient (Wildman–Crippen LogP) is 2.69. The van der Waals surface area contributed by atoms with Gasteiger partial charge in [0, 0.05) is 22.7 Å². The number of β-lactam (4-membered cyclic amide) rings is 1. The van der Waals surface area contributed by atoms with Gasteiger partial charge in [0.05, 0.1) is 42.9 Å². The molecule has 2 unspecified atom stereocenters. The molecule has 0 saturated carbocycles. The van der Waals surface area contributed by atoms with Gasteiger partial charge in [-0.3, -0.25) is 14.4 Å². The lowest BCUT2D eigenvalue weighted by atomic mass is 9.98. The third-order valence-corrected chi connectivity index (χ3v) is 8.60. The van der Waals surface area contributed by atoms with Crippen LogP contribution < -0.4 is 15.6 Å². The first kappa shape index (κ1) is 32.7. The lowest BCUT2D eigenvalue weighted by Crippen LogP contribution is -2.74. The molecule has 1 saturated heterocycles. The summed E-state index contributed by atoms with van der Waals surface area (Å²) in [5, 5.41) is 14.7. The number of H-pyrrole nitrogens is 1. The Balaban J connectivity index is 1.25. The molecule has 2 aliphatic rings. The number of methoxy groups -OCH3 is 1. The normalized spacial score (nSPS) is 19.1. The van der Waals surface area contributed by atoms with E-state index in [-0.39, 0.29) is 38.0 Å². The molecule has 3 heterocycles. The topological polar surface area (TPSA) is 169 Å². The number of aromatic nitrogens is 2. The third-order valence-electron chi connectivity index (χ3n) is 6.91. The fourth-order valence-corrected chi connectivity index (χ4v) is 6.34. The van der Waals surface area contributed by atoms with Gasteiger partial charge in [-0.2, -0.15) is 0 Å². The zero-order valence-electron chi connectivity index (χ0n) is 23.8. The molecule has 1 aromatic heterocycles. The number of nitrogens with one attached hydrogen (secondary N) is 2. The van der Waals surface area contributed by atoms with Crippen LogP contribution in [0.15, 0.2) is 52.2 Å². The maximum absolute atomic E-state index is 13.0. The first-order valence-electron chi connectivity index (χ1n) is 13.6. The van der Waals surface area contributed by atoms with Crippen LogP contribution in [0, 0.1) is 0 Å². The van der Waals surface area contributed by atoms with Gasteiger partial charge in [-0.15, -0.1) is 11.8 Å². The van der Waals surface area contributed by atoms with Crippen LogP contribution >= 0.6 is 35.0 Å². The second-order valence-corrected chi connectivity index (χ2v) is 11.8. The SMILES string of the molecule is COCCOCCOCC(=O)N[C@@H]1C(=O)N2C(C(=O)O)C(COc3ccc(Cl)cc3-c3nc4ccc(Cl)cc4c(=O)[nH]3)=CSC12. The van der Waals surface area contributed by atoms with Crippen molar-refractivity contribution in [2.45, 2.75) is 17.5 Å². The summed E-state index contributed by atoms with van der Waals surface area (Å²) in [7, 11) is 1.56. The van der Waals surface area contributed by atoms with Crippen molar-refractivity contribution in [1.29, 1.82) is 0 Å². The van der Waals surface area contributed by atoms with Crippen molar-refractivity contribution in [2.24, 2.45) is 0 Å². The number of nitrogens with zero attached hydrogens (tertiary/aromatic N) is 2. The summed E-state index contributed by atoms with van der Waals surface area (Å²) in [5.41, 5.74) is 0.679. The Bertz CT molecular complexity index is 1700. The first-order valence-corrected chi connectivity index (χ1v) is 15.3. The quantitative estimate of drug-likeness (QED) is 0.169. The lowest BCUT2D eigenvalue weighted by Gasteiger charge is -2.51. The molecule has 2 aromatic carbocycles. The molecule has 2 aliphatic heterocycles. The van der Waals surface area contributed by atoms with Gasteiger partial charge in [0.25, 0.3) is 5.56 Å². The van der Waals surface area contributed by atoms with Crippen molar-refractivity contribution in [3.8, 4) is 17.1 Å². The van der Waals surface area contributed by atoms with Gasteiger partial charge in [0.2, 0.25) is 11.8 Å². The minimum atomic E-state index is -1.31. The van der Waals surface area contributed by atoms with Crippen molar-refractivity contribution in [3.05, 3.63) is 67.8 Å². The first-order chi connectivity index (χ1) is 21.7. The smallest absolute Gasteiger partial charge is 0.330 e. The van der Waals surface area contributed by atoms with Gasteiger partial charge in [-0.25, -0.2) is 9.78 Å². The number of ether oxygens (including phenoxy) is 4. The Morgan fingerprint density at radius 3 is 2.58 bits per heavy atom. The van der Waals surface area contributed by atoms with E-state index in [2.05, 4.69) is 15.3 Å². The number of halogens is 2. The zero-order chi connectivity index (χ0) is 32.1. The molecular formula is C29H28Cl2N4O9S. The summed E-state index contributed by atoms with van der Waals surface area (Å²) in [6.45, 7) is 0.848. The van der Waals surface area contributed by atoms with E-state index in [1.807, 2.05) is 0 Å². The summed E-state index contributed by atoms with van der Waals surface area (Å²) in [5.74, 6) is -1.83. The van der Waals surface area contributed by atoms with Crippen LogP contribution in [0.25, 0.3) is 22.3 Å². The number of amides is 2. The molecule has 16 heteroatoms. The molecular weight excluding hydrogens is 651 g/mol. The number of benzene rings is 2. The predicted molar refractivity (Wildman–Crippen MR) is 166 cm³/mol. The Morgan fingerprint density at radius 2 is 1.80 bits per heavy atom. The number of carboxylic acids is 1. The number of carbonyl (C=O) groups is 3. The van der Waals surface area contributed by atoms with Crippen LogP contribution in [-0.2, 0) is 28.6 Å². The maximum atomic E-state index is 13.0. The molecule has 1 fully saturated rings. The van der Waals surface area contributed by atoms with Crippen molar-refractivity contribution in [1.82, 2.24) is 20.2 Å². The minimum Gasteiger partial charge on any atom is -0.488 e. The highest BCUT2D eigenvalue weighted by molar-refractivity contribution is 8.03. The number of aliphatic carboxylic acids is 1. The van der Waals surface area contributed by atoms with E-state index in [1.165, 1.54) is 22.7 Å². The average Bonchev–Trinajstić information content (AvgIpc) is 3.02. The van der Waals surface area contributed by atoms with Crippen LogP contribution in [0.3, 0.4) is 0 Å². The zero-order valence-corrected chi connectivity index (χ0v) is 26.1. The molecule has 2 amide bonds. The van der Waals surface area contributed by atoms with Crippen molar-refractivity contribution < 1.29 is 38.4 Å². The van der Waals surface area contributed by atoms with Crippen LogP contribution in [0.2, 0.25) is 10.0 Å². The number of rotatable bonds is 14. The highest BCUT2D eigenvalue weighted by atomic mass is 35.5. The maximum Gasteiger partial charge on any atom is 0.330 e. The summed E-state index contributed by atoms with van der Waals surface area (Å²) in [6.07, 6.45) is 0. The molecule has 3 aromatic rings.